The van der Waals surface area contributed by atoms with Crippen molar-refractivity contribution in [1.29, 1.82) is 0 Å². The summed E-state index contributed by atoms with van der Waals surface area (Å²) in [6, 6.07) is -0.620. The Labute approximate surface area is 76.4 Å². The number of alkyl halides is 1. The molecule has 0 aromatic heterocycles. The normalized spacial score (nSPS) is 43.0. The smallest absolute Gasteiger partial charge is 0.323 e. The number of ether oxygens (including phenoxy) is 1. The standard InChI is InChI=1S/C9H14FNO2/c1-2-13-7(12)6(11)8-3-9(10,4-8)5-8/h6H,2-5,11H2,1H3. The summed E-state index contributed by atoms with van der Waals surface area (Å²) in [6.07, 6.45) is 1.33. The third-order valence-corrected chi connectivity index (χ3v) is 3.21. The fourth-order valence-electron chi connectivity index (χ4n) is 2.55. The second-order valence-electron chi connectivity index (χ2n) is 4.27. The molecule has 74 valence electrons. The summed E-state index contributed by atoms with van der Waals surface area (Å²) in [5.74, 6) is -0.385. The SMILES string of the molecule is CCOC(=O)C(N)C12CC(F)(C1)C2. The van der Waals surface area contributed by atoms with Crippen molar-refractivity contribution < 1.29 is 13.9 Å². The molecule has 0 radical (unpaired) electrons. The lowest BCUT2D eigenvalue weighted by Crippen LogP contribution is -2.72. The summed E-state index contributed by atoms with van der Waals surface area (Å²) < 4.78 is 17.9. The van der Waals surface area contributed by atoms with Gasteiger partial charge in [0, 0.05) is 5.41 Å². The van der Waals surface area contributed by atoms with E-state index in [2.05, 4.69) is 0 Å². The van der Waals surface area contributed by atoms with Crippen LogP contribution < -0.4 is 5.73 Å². The Bertz CT molecular complexity index is 234. The second-order valence-corrected chi connectivity index (χ2v) is 4.27. The van der Waals surface area contributed by atoms with Gasteiger partial charge in [0.1, 0.15) is 11.7 Å². The van der Waals surface area contributed by atoms with Crippen LogP contribution in [0.15, 0.2) is 0 Å². The Morgan fingerprint density at radius 2 is 2.15 bits per heavy atom. The Morgan fingerprint density at radius 1 is 1.62 bits per heavy atom. The zero-order chi connectivity index (χ0) is 9.69. The lowest BCUT2D eigenvalue weighted by molar-refractivity contribution is -0.228. The molecule has 3 fully saturated rings. The molecule has 3 aliphatic carbocycles. The van der Waals surface area contributed by atoms with Crippen molar-refractivity contribution in [3.63, 3.8) is 0 Å². The van der Waals surface area contributed by atoms with Gasteiger partial charge >= 0.3 is 5.97 Å². The third kappa shape index (κ3) is 1.08. The van der Waals surface area contributed by atoms with Crippen molar-refractivity contribution in [1.82, 2.24) is 0 Å². The van der Waals surface area contributed by atoms with Crippen molar-refractivity contribution in [2.75, 3.05) is 6.61 Å². The fraction of sp³-hybridized carbons (Fsp3) is 0.889. The van der Waals surface area contributed by atoms with Crippen LogP contribution in [0.3, 0.4) is 0 Å². The van der Waals surface area contributed by atoms with E-state index in [1.165, 1.54) is 0 Å². The predicted molar refractivity (Wildman–Crippen MR) is 44.7 cm³/mol. The van der Waals surface area contributed by atoms with Crippen LogP contribution >= 0.6 is 0 Å². The maximum Gasteiger partial charge on any atom is 0.323 e. The zero-order valence-corrected chi connectivity index (χ0v) is 7.68. The average molecular weight is 187 g/mol. The van der Waals surface area contributed by atoms with E-state index in [0.717, 1.165) is 0 Å². The minimum absolute atomic E-state index is 0.263. The number of rotatable bonds is 3. The second kappa shape index (κ2) is 2.44. The fourth-order valence-corrected chi connectivity index (χ4v) is 2.55. The highest BCUT2D eigenvalue weighted by Crippen LogP contribution is 2.70. The van der Waals surface area contributed by atoms with Crippen LogP contribution in [0.4, 0.5) is 4.39 Å². The first-order valence-corrected chi connectivity index (χ1v) is 4.63. The van der Waals surface area contributed by atoms with E-state index in [1.807, 2.05) is 0 Å². The molecule has 0 aliphatic heterocycles. The first kappa shape index (κ1) is 8.94. The van der Waals surface area contributed by atoms with Gasteiger partial charge in [-0.05, 0) is 26.2 Å². The van der Waals surface area contributed by atoms with Crippen LogP contribution in [0.1, 0.15) is 26.2 Å². The van der Waals surface area contributed by atoms with Crippen molar-refractivity contribution in [2.45, 2.75) is 37.9 Å². The first-order valence-electron chi connectivity index (χ1n) is 4.63. The molecule has 2 N–H and O–H groups in total. The van der Waals surface area contributed by atoms with E-state index >= 15 is 0 Å². The van der Waals surface area contributed by atoms with Crippen molar-refractivity contribution in [3.05, 3.63) is 0 Å². The van der Waals surface area contributed by atoms with E-state index < -0.39 is 11.7 Å². The molecule has 3 nitrogen and oxygen atoms in total. The van der Waals surface area contributed by atoms with Gasteiger partial charge in [0.2, 0.25) is 0 Å². The van der Waals surface area contributed by atoms with Crippen LogP contribution in [-0.4, -0.2) is 24.3 Å². The van der Waals surface area contributed by atoms with Gasteiger partial charge in [-0.15, -0.1) is 0 Å². The molecule has 0 aromatic carbocycles. The van der Waals surface area contributed by atoms with E-state index in [1.54, 1.807) is 6.92 Å². The highest BCUT2D eigenvalue weighted by molar-refractivity contribution is 5.77. The van der Waals surface area contributed by atoms with Gasteiger partial charge in [-0.2, -0.15) is 0 Å². The minimum Gasteiger partial charge on any atom is -0.465 e. The maximum absolute atomic E-state index is 13.1. The number of hydrogen-bond donors (Lipinski definition) is 1. The lowest BCUT2D eigenvalue weighted by atomic mass is 9.40. The molecule has 4 heteroatoms. The van der Waals surface area contributed by atoms with Crippen LogP contribution in [0.2, 0.25) is 0 Å². The molecule has 3 saturated carbocycles. The summed E-state index contributed by atoms with van der Waals surface area (Å²) in [4.78, 5) is 11.2. The minimum atomic E-state index is -0.996. The Balaban J connectivity index is 1.92. The molecule has 0 aromatic rings. The van der Waals surface area contributed by atoms with Crippen molar-refractivity contribution >= 4 is 5.97 Å². The molecule has 0 saturated heterocycles. The van der Waals surface area contributed by atoms with E-state index in [-0.39, 0.29) is 11.4 Å². The highest BCUT2D eigenvalue weighted by atomic mass is 19.1. The zero-order valence-electron chi connectivity index (χ0n) is 7.68. The molecule has 2 bridgehead atoms. The molecule has 1 unspecified atom stereocenters. The van der Waals surface area contributed by atoms with Crippen LogP contribution in [0.5, 0.6) is 0 Å². The first-order chi connectivity index (χ1) is 6.01. The summed E-state index contributed by atoms with van der Waals surface area (Å²) in [5.41, 5.74) is 4.44. The van der Waals surface area contributed by atoms with Crippen molar-refractivity contribution in [2.24, 2.45) is 11.1 Å². The number of carbonyl (C=O) groups excluding carboxylic acids is 1. The Hall–Kier alpha value is -0.640. The predicted octanol–water partition coefficient (Wildman–Crippen LogP) is 0.769. The van der Waals surface area contributed by atoms with E-state index in [4.69, 9.17) is 10.5 Å². The number of esters is 1. The van der Waals surface area contributed by atoms with Crippen LogP contribution in [0, 0.1) is 5.41 Å². The number of nitrogens with two attached hydrogens (primary N) is 1. The molecule has 13 heavy (non-hydrogen) atoms. The van der Waals surface area contributed by atoms with Gasteiger partial charge < -0.3 is 10.5 Å². The van der Waals surface area contributed by atoms with Gasteiger partial charge in [0.15, 0.2) is 0 Å². The lowest BCUT2D eigenvalue weighted by Gasteiger charge is -2.67. The average Bonchev–Trinajstić information content (AvgIpc) is 1.96. The van der Waals surface area contributed by atoms with Gasteiger partial charge in [-0.25, -0.2) is 4.39 Å². The van der Waals surface area contributed by atoms with Gasteiger partial charge in [0.05, 0.1) is 6.61 Å². The number of hydrogen-bond acceptors (Lipinski definition) is 3. The quantitative estimate of drug-likeness (QED) is 0.664. The van der Waals surface area contributed by atoms with Crippen molar-refractivity contribution in [3.8, 4) is 0 Å². The number of halogens is 1. The van der Waals surface area contributed by atoms with Gasteiger partial charge in [-0.1, -0.05) is 0 Å². The molecular formula is C9H14FNO2. The molecule has 0 spiro atoms. The summed E-state index contributed by atoms with van der Waals surface area (Å²) >= 11 is 0. The number of carbonyl (C=O) groups is 1. The Kier molecular flexibility index (Phi) is 1.68. The van der Waals surface area contributed by atoms with Gasteiger partial charge in [0.25, 0.3) is 0 Å². The summed E-state index contributed by atoms with van der Waals surface area (Å²) in [5, 5.41) is 0. The van der Waals surface area contributed by atoms with E-state index in [9.17, 15) is 9.18 Å². The molecule has 0 heterocycles. The third-order valence-electron chi connectivity index (χ3n) is 3.21. The van der Waals surface area contributed by atoms with E-state index in [0.29, 0.717) is 25.9 Å². The molecule has 3 aliphatic rings. The molecular weight excluding hydrogens is 173 g/mol. The topological polar surface area (TPSA) is 52.3 Å². The van der Waals surface area contributed by atoms with Crippen LogP contribution in [-0.2, 0) is 9.53 Å². The monoisotopic (exact) mass is 187 g/mol. The molecule has 0 amide bonds. The highest BCUT2D eigenvalue weighted by Gasteiger charge is 2.72. The van der Waals surface area contributed by atoms with Crippen LogP contribution in [0.25, 0.3) is 0 Å². The maximum atomic E-state index is 13.1. The van der Waals surface area contributed by atoms with Gasteiger partial charge in [-0.3, -0.25) is 4.79 Å². The molecule has 1 atom stereocenters. The summed E-state index contributed by atoms with van der Waals surface area (Å²) in [6.45, 7) is 2.08. The Morgan fingerprint density at radius 3 is 2.54 bits per heavy atom. The largest absolute Gasteiger partial charge is 0.465 e. The molecule has 3 rings (SSSR count). The summed E-state index contributed by atoms with van der Waals surface area (Å²) in [7, 11) is 0.